The standard InChI is InChI=1S/C15H13BrN2O/c1-9-4-5-18-15(13(9)16)19-14-10(2)6-12(8-17)7-11(14)3/h4-7H,1-3H3. The molecule has 4 heteroatoms. The Morgan fingerprint density at radius 3 is 2.37 bits per heavy atom. The Morgan fingerprint density at radius 1 is 1.16 bits per heavy atom. The summed E-state index contributed by atoms with van der Waals surface area (Å²) in [4.78, 5) is 4.23. The monoisotopic (exact) mass is 316 g/mol. The summed E-state index contributed by atoms with van der Waals surface area (Å²) in [5.41, 5.74) is 3.55. The van der Waals surface area contributed by atoms with Gasteiger partial charge >= 0.3 is 0 Å². The summed E-state index contributed by atoms with van der Waals surface area (Å²) in [7, 11) is 0. The molecule has 0 amide bonds. The maximum absolute atomic E-state index is 8.94. The Hall–Kier alpha value is -1.86. The van der Waals surface area contributed by atoms with Crippen LogP contribution in [0, 0.1) is 32.1 Å². The molecule has 0 saturated carbocycles. The van der Waals surface area contributed by atoms with Crippen LogP contribution in [-0.2, 0) is 0 Å². The van der Waals surface area contributed by atoms with Crippen LogP contribution >= 0.6 is 15.9 Å². The van der Waals surface area contributed by atoms with Gasteiger partial charge in [-0.25, -0.2) is 4.98 Å². The fourth-order valence-corrected chi connectivity index (χ4v) is 2.17. The Morgan fingerprint density at radius 2 is 1.79 bits per heavy atom. The first-order valence-electron chi connectivity index (χ1n) is 5.83. The first-order valence-corrected chi connectivity index (χ1v) is 6.62. The fourth-order valence-electron chi connectivity index (χ4n) is 1.86. The summed E-state index contributed by atoms with van der Waals surface area (Å²) < 4.78 is 6.73. The molecule has 0 fully saturated rings. The summed E-state index contributed by atoms with van der Waals surface area (Å²) in [6, 6.07) is 7.67. The number of hydrogen-bond acceptors (Lipinski definition) is 3. The molecule has 1 aromatic carbocycles. The lowest BCUT2D eigenvalue weighted by Crippen LogP contribution is -1.96. The Kier molecular flexibility index (Phi) is 3.87. The van der Waals surface area contributed by atoms with Crippen molar-refractivity contribution < 1.29 is 4.74 Å². The van der Waals surface area contributed by atoms with E-state index in [0.717, 1.165) is 26.9 Å². The number of ether oxygens (including phenoxy) is 1. The van der Waals surface area contributed by atoms with Gasteiger partial charge in [-0.3, -0.25) is 0 Å². The van der Waals surface area contributed by atoms with Crippen LogP contribution in [0.3, 0.4) is 0 Å². The average molecular weight is 317 g/mol. The second-order valence-corrected chi connectivity index (χ2v) is 5.19. The van der Waals surface area contributed by atoms with Gasteiger partial charge in [-0.1, -0.05) is 0 Å². The fraction of sp³-hybridized carbons (Fsp3) is 0.200. The lowest BCUT2D eigenvalue weighted by molar-refractivity contribution is 0.452. The van der Waals surface area contributed by atoms with Crippen molar-refractivity contribution in [3.05, 3.63) is 51.1 Å². The normalized spacial score (nSPS) is 10.1. The van der Waals surface area contributed by atoms with E-state index in [4.69, 9.17) is 10.00 Å². The zero-order valence-corrected chi connectivity index (χ0v) is 12.6. The number of nitrogens with zero attached hydrogens (tertiary/aromatic N) is 2. The molecule has 1 aromatic heterocycles. The molecule has 19 heavy (non-hydrogen) atoms. The summed E-state index contributed by atoms with van der Waals surface area (Å²) in [6.07, 6.45) is 1.71. The van der Waals surface area contributed by atoms with Gasteiger partial charge in [-0.05, 0) is 71.6 Å². The average Bonchev–Trinajstić information content (AvgIpc) is 2.38. The summed E-state index contributed by atoms with van der Waals surface area (Å²) in [6.45, 7) is 5.83. The van der Waals surface area contributed by atoms with Gasteiger partial charge in [0.25, 0.3) is 0 Å². The first-order chi connectivity index (χ1) is 9.02. The van der Waals surface area contributed by atoms with Crippen molar-refractivity contribution in [2.24, 2.45) is 0 Å². The third-order valence-corrected chi connectivity index (χ3v) is 3.80. The maximum Gasteiger partial charge on any atom is 0.233 e. The molecule has 2 rings (SSSR count). The van der Waals surface area contributed by atoms with Crippen molar-refractivity contribution in [3.63, 3.8) is 0 Å². The van der Waals surface area contributed by atoms with Crippen LogP contribution in [0.5, 0.6) is 11.6 Å². The van der Waals surface area contributed by atoms with Crippen LogP contribution in [0.25, 0.3) is 0 Å². The molecule has 0 atom stereocenters. The molecule has 0 radical (unpaired) electrons. The SMILES string of the molecule is Cc1ccnc(Oc2c(C)cc(C#N)cc2C)c1Br. The van der Waals surface area contributed by atoms with Gasteiger partial charge in [-0.2, -0.15) is 5.26 Å². The van der Waals surface area contributed by atoms with Crippen LogP contribution in [0.2, 0.25) is 0 Å². The molecular formula is C15H13BrN2O. The van der Waals surface area contributed by atoms with Crippen LogP contribution in [0.1, 0.15) is 22.3 Å². The van der Waals surface area contributed by atoms with Gasteiger partial charge in [-0.15, -0.1) is 0 Å². The third-order valence-electron chi connectivity index (χ3n) is 2.84. The Balaban J connectivity index is 2.45. The quantitative estimate of drug-likeness (QED) is 0.823. The van der Waals surface area contributed by atoms with E-state index in [0.29, 0.717) is 11.4 Å². The highest BCUT2D eigenvalue weighted by atomic mass is 79.9. The largest absolute Gasteiger partial charge is 0.437 e. The molecule has 3 nitrogen and oxygen atoms in total. The van der Waals surface area contributed by atoms with Gasteiger partial charge in [0.2, 0.25) is 5.88 Å². The van der Waals surface area contributed by atoms with E-state index in [1.165, 1.54) is 0 Å². The smallest absolute Gasteiger partial charge is 0.233 e. The van der Waals surface area contributed by atoms with Gasteiger partial charge < -0.3 is 4.74 Å². The van der Waals surface area contributed by atoms with E-state index < -0.39 is 0 Å². The van der Waals surface area contributed by atoms with Crippen molar-refractivity contribution in [1.29, 1.82) is 5.26 Å². The molecule has 96 valence electrons. The van der Waals surface area contributed by atoms with Gasteiger partial charge in [0.05, 0.1) is 16.1 Å². The lowest BCUT2D eigenvalue weighted by Gasteiger charge is -2.13. The maximum atomic E-state index is 8.94. The second kappa shape index (κ2) is 5.41. The number of aromatic nitrogens is 1. The van der Waals surface area contributed by atoms with Crippen molar-refractivity contribution in [1.82, 2.24) is 4.98 Å². The highest BCUT2D eigenvalue weighted by Gasteiger charge is 2.11. The second-order valence-electron chi connectivity index (χ2n) is 4.40. The number of nitriles is 1. The summed E-state index contributed by atoms with van der Waals surface area (Å²) >= 11 is 3.48. The zero-order chi connectivity index (χ0) is 14.0. The molecule has 0 N–H and O–H groups in total. The molecule has 1 heterocycles. The van der Waals surface area contributed by atoms with E-state index in [9.17, 15) is 0 Å². The van der Waals surface area contributed by atoms with Crippen LogP contribution in [0.4, 0.5) is 0 Å². The van der Waals surface area contributed by atoms with Crippen LogP contribution in [-0.4, -0.2) is 4.98 Å². The molecule has 2 aromatic rings. The predicted octanol–water partition coefficient (Wildman–Crippen LogP) is 4.43. The highest BCUT2D eigenvalue weighted by molar-refractivity contribution is 9.10. The molecular weight excluding hydrogens is 304 g/mol. The lowest BCUT2D eigenvalue weighted by atomic mass is 10.1. The third kappa shape index (κ3) is 2.77. The molecule has 0 unspecified atom stereocenters. The van der Waals surface area contributed by atoms with Gasteiger partial charge in [0.1, 0.15) is 5.75 Å². The summed E-state index contributed by atoms with van der Waals surface area (Å²) in [5, 5.41) is 8.94. The minimum Gasteiger partial charge on any atom is -0.437 e. The molecule has 0 aliphatic rings. The topological polar surface area (TPSA) is 45.9 Å². The van der Waals surface area contributed by atoms with E-state index >= 15 is 0 Å². The number of halogens is 1. The highest BCUT2D eigenvalue weighted by Crippen LogP contribution is 2.33. The number of benzene rings is 1. The number of hydrogen-bond donors (Lipinski definition) is 0. The number of aryl methyl sites for hydroxylation is 3. The molecule has 0 spiro atoms. The van der Waals surface area contributed by atoms with Crippen LogP contribution in [0.15, 0.2) is 28.9 Å². The minimum absolute atomic E-state index is 0.538. The van der Waals surface area contributed by atoms with E-state index in [2.05, 4.69) is 27.0 Å². The van der Waals surface area contributed by atoms with Crippen molar-refractivity contribution in [2.45, 2.75) is 20.8 Å². The first kappa shape index (κ1) is 13.6. The minimum atomic E-state index is 0.538. The predicted molar refractivity (Wildman–Crippen MR) is 77.4 cm³/mol. The Bertz CT molecular complexity index is 651. The number of rotatable bonds is 2. The van der Waals surface area contributed by atoms with Crippen LogP contribution < -0.4 is 4.74 Å². The molecule has 0 saturated heterocycles. The zero-order valence-electron chi connectivity index (χ0n) is 11.0. The molecule has 0 bridgehead atoms. The molecule has 0 aliphatic heterocycles. The van der Waals surface area contributed by atoms with Gasteiger partial charge in [0.15, 0.2) is 0 Å². The Labute approximate surface area is 121 Å². The van der Waals surface area contributed by atoms with E-state index in [1.807, 2.05) is 39.0 Å². The van der Waals surface area contributed by atoms with Gasteiger partial charge in [0, 0.05) is 6.20 Å². The van der Waals surface area contributed by atoms with Crippen molar-refractivity contribution in [3.8, 4) is 17.7 Å². The number of pyridine rings is 1. The van der Waals surface area contributed by atoms with E-state index in [-0.39, 0.29) is 0 Å². The molecule has 0 aliphatic carbocycles. The van der Waals surface area contributed by atoms with Crippen molar-refractivity contribution >= 4 is 15.9 Å². The van der Waals surface area contributed by atoms with E-state index in [1.54, 1.807) is 6.20 Å². The van der Waals surface area contributed by atoms with Crippen molar-refractivity contribution in [2.75, 3.05) is 0 Å². The summed E-state index contributed by atoms with van der Waals surface area (Å²) in [5.74, 6) is 1.29.